The van der Waals surface area contributed by atoms with Crippen molar-refractivity contribution in [3.05, 3.63) is 81.3 Å². The minimum atomic E-state index is -2.00. The summed E-state index contributed by atoms with van der Waals surface area (Å²) in [7, 11) is 5.31. The van der Waals surface area contributed by atoms with Gasteiger partial charge in [0.25, 0.3) is 11.7 Å². The number of phenols is 1. The number of amides is 1. The Labute approximate surface area is 367 Å². The third-order valence-electron chi connectivity index (χ3n) is 12.5. The fourth-order valence-corrected chi connectivity index (χ4v) is 8.39. The lowest BCUT2D eigenvalue weighted by molar-refractivity contribution is -0.157. The lowest BCUT2D eigenvalue weighted by Gasteiger charge is -2.39. The smallest absolute Gasteiger partial charge is 0.312 e. The molecule has 9 atom stereocenters. The van der Waals surface area contributed by atoms with Gasteiger partial charge in [-0.25, -0.2) is 4.98 Å². The highest BCUT2D eigenvalue weighted by Gasteiger charge is 2.50. The quantitative estimate of drug-likeness (QED) is 0.0818. The van der Waals surface area contributed by atoms with E-state index in [1.165, 1.54) is 34.1 Å². The van der Waals surface area contributed by atoms with Crippen molar-refractivity contribution < 1.29 is 48.0 Å². The number of Topliss-reactive ketones (excluding diaryl/α,β-unsaturated/α-hetero) is 1. The van der Waals surface area contributed by atoms with Crippen molar-refractivity contribution in [2.24, 2.45) is 29.6 Å². The predicted octanol–water partition coefficient (Wildman–Crippen LogP) is 7.14. The van der Waals surface area contributed by atoms with Gasteiger partial charge in [-0.1, -0.05) is 64.7 Å². The molecule has 6 rings (SSSR count). The number of nitrogens with zero attached hydrogens (tertiary/aromatic N) is 2. The average molecular weight is 864 g/mol. The predicted molar refractivity (Wildman–Crippen MR) is 240 cm³/mol. The van der Waals surface area contributed by atoms with E-state index in [1.807, 2.05) is 53.6 Å². The molecule has 0 unspecified atom stereocenters. The molecule has 14 nitrogen and oxygen atoms in total. The second-order valence-corrected chi connectivity index (χ2v) is 17.3. The third-order valence-corrected chi connectivity index (χ3v) is 12.5. The molecule has 4 bridgehead atoms. The summed E-state index contributed by atoms with van der Waals surface area (Å²) in [5.74, 6) is 0.286. The molecule has 3 heterocycles. The third kappa shape index (κ3) is 8.96. The Bertz CT molecular complexity index is 2650. The topological polar surface area (TPSA) is 187 Å². The molecule has 4 aliphatic rings. The van der Waals surface area contributed by atoms with Crippen LogP contribution in [0.4, 0.5) is 5.69 Å². The standard InChI is InChI=1S/C49H57N3O11/c1-24-15-13-16-25(2)48(58)51-40-43(56)37-36(39-46(40)62-35-23-32(17-14-21-52(10)11)18-19-33(35)50-39)38-45(30(7)42(37)55)63-49(9,47(38)57)60-22-20-34(59-12)29(6)44(61-31(8)53)28(5)26(3)27(4)41(24)54/h13,15-16,18-20,22-24,26-29,34,41,44,54-55H,21H2,1-12H3,(H,51,58)/b15-13+,22-20+,25-16-/t24-,26+,27-,28+,29+,34-,41-,44-,49-/m0/s1. The Morgan fingerprint density at radius 3 is 2.40 bits per heavy atom. The second kappa shape index (κ2) is 18.4. The number of hydrogen-bond acceptors (Lipinski definition) is 13. The molecule has 0 spiro atoms. The van der Waals surface area contributed by atoms with Crippen molar-refractivity contribution in [3.8, 4) is 34.8 Å². The number of phenolic OH excluding ortho intramolecular Hbond substituents is 1. The normalized spacial score (nSPS) is 28.8. The molecule has 1 amide bonds. The van der Waals surface area contributed by atoms with Gasteiger partial charge >= 0.3 is 11.8 Å². The first-order chi connectivity index (χ1) is 29.7. The SMILES string of the molecule is CO[C@H]1/C=C/O[C@@]2(C)Oc3c(C)c(O)c4c(=O)c(c5oc6cc(C#CCN(C)C)ccc6nc-5c4c3C2=O)NC(=O)/C(C)=C\C=C\[C@H](C)[C@H](O)[C@@H](C)[C@@H](C)[C@@H](C)[C@H](OC(C)=O)[C@@H]1C. The number of fused-ring (bicyclic) bond motifs is 2. The van der Waals surface area contributed by atoms with E-state index in [0.717, 1.165) is 0 Å². The number of carbonyl (C=O) groups is 3. The molecule has 0 fully saturated rings. The van der Waals surface area contributed by atoms with E-state index >= 15 is 0 Å². The van der Waals surface area contributed by atoms with Gasteiger partial charge in [0.1, 0.15) is 34.5 Å². The number of allylic oxidation sites excluding steroid dienone is 2. The zero-order chi connectivity index (χ0) is 46.2. The number of aromatic nitrogens is 1. The molecule has 2 aromatic carbocycles. The number of methoxy groups -OCH3 is 1. The molecule has 63 heavy (non-hydrogen) atoms. The van der Waals surface area contributed by atoms with Gasteiger partial charge < -0.3 is 38.9 Å². The van der Waals surface area contributed by atoms with Crippen LogP contribution in [0.3, 0.4) is 0 Å². The summed E-state index contributed by atoms with van der Waals surface area (Å²) in [5, 5.41) is 25.7. The zero-order valence-electron chi connectivity index (χ0n) is 37.9. The zero-order valence-corrected chi connectivity index (χ0v) is 37.9. The van der Waals surface area contributed by atoms with E-state index in [2.05, 4.69) is 17.2 Å². The van der Waals surface area contributed by atoms with Crippen LogP contribution in [0.1, 0.15) is 76.9 Å². The number of rotatable bonds is 3. The summed E-state index contributed by atoms with van der Waals surface area (Å²) < 4.78 is 30.6. The maximum atomic E-state index is 14.7. The van der Waals surface area contributed by atoms with Crippen molar-refractivity contribution in [1.82, 2.24) is 9.88 Å². The molecule has 3 N–H and O–H groups in total. The van der Waals surface area contributed by atoms with Crippen molar-refractivity contribution >= 4 is 45.2 Å². The highest BCUT2D eigenvalue weighted by atomic mass is 16.7. The number of benzene rings is 3. The number of aromatic hydroxyl groups is 1. The van der Waals surface area contributed by atoms with Gasteiger partial charge in [0.15, 0.2) is 11.3 Å². The molecule has 2 aromatic rings. The molecule has 3 aliphatic heterocycles. The van der Waals surface area contributed by atoms with Gasteiger partial charge in [-0.05, 0) is 70.0 Å². The summed E-state index contributed by atoms with van der Waals surface area (Å²) in [4.78, 5) is 62.7. The number of ether oxygens (including phenoxy) is 4. The molecule has 0 radical (unpaired) electrons. The fraction of sp³-hybridized carbons (Fsp3) is 0.449. The Morgan fingerprint density at radius 2 is 1.73 bits per heavy atom. The first-order valence-electron chi connectivity index (χ1n) is 21.1. The first kappa shape index (κ1) is 46.5. The van der Waals surface area contributed by atoms with Gasteiger partial charge in [-0.3, -0.25) is 24.1 Å². The molecule has 0 aromatic heterocycles. The molecule has 14 heteroatoms. The van der Waals surface area contributed by atoms with Crippen LogP contribution in [0.5, 0.6) is 11.5 Å². The lowest BCUT2D eigenvalue weighted by atomic mass is 9.73. The van der Waals surface area contributed by atoms with Crippen molar-refractivity contribution in [2.75, 3.05) is 33.1 Å². The van der Waals surface area contributed by atoms with Gasteiger partial charge in [-0.15, -0.1) is 0 Å². The number of aliphatic hydroxyl groups excluding tert-OH is 1. The Morgan fingerprint density at radius 1 is 1.02 bits per heavy atom. The van der Waals surface area contributed by atoms with Crippen LogP contribution in [0.2, 0.25) is 0 Å². The van der Waals surface area contributed by atoms with E-state index in [0.29, 0.717) is 17.6 Å². The maximum absolute atomic E-state index is 14.7. The molecule has 0 saturated heterocycles. The number of nitrogens with one attached hydrogen (secondary N) is 1. The number of hydrogen-bond donors (Lipinski definition) is 3. The van der Waals surface area contributed by atoms with Crippen LogP contribution in [0.15, 0.2) is 63.6 Å². The lowest BCUT2D eigenvalue weighted by Crippen LogP contribution is -2.43. The van der Waals surface area contributed by atoms with Gasteiger partial charge in [-0.2, -0.15) is 0 Å². The number of aliphatic hydroxyl groups is 1. The molecule has 334 valence electrons. The minimum Gasteiger partial charge on any atom is -0.507 e. The Kier molecular flexibility index (Phi) is 13.6. The van der Waals surface area contributed by atoms with Crippen molar-refractivity contribution in [3.63, 3.8) is 0 Å². The second-order valence-electron chi connectivity index (χ2n) is 17.3. The average Bonchev–Trinajstić information content (AvgIpc) is 3.50. The number of esters is 1. The highest BCUT2D eigenvalue weighted by Crippen LogP contribution is 2.50. The van der Waals surface area contributed by atoms with E-state index < -0.39 is 58.9 Å². The Hall–Kier alpha value is -6.01. The Balaban J connectivity index is 1.59. The molecule has 1 aliphatic carbocycles. The van der Waals surface area contributed by atoms with Crippen LogP contribution in [-0.4, -0.2) is 89.6 Å². The number of carbonyl (C=O) groups excluding carboxylic acids is 3. The van der Waals surface area contributed by atoms with Gasteiger partial charge in [0.05, 0.1) is 36.0 Å². The van der Waals surface area contributed by atoms with Crippen molar-refractivity contribution in [2.45, 2.75) is 86.4 Å². The highest BCUT2D eigenvalue weighted by molar-refractivity contribution is 6.22. The summed E-state index contributed by atoms with van der Waals surface area (Å²) in [6.07, 6.45) is 5.75. The summed E-state index contributed by atoms with van der Waals surface area (Å²) in [5.41, 5.74) is 0.303. The summed E-state index contributed by atoms with van der Waals surface area (Å²) in [6.45, 7) is 16.0. The maximum Gasteiger partial charge on any atom is 0.312 e. The van der Waals surface area contributed by atoms with Crippen LogP contribution in [0, 0.1) is 48.4 Å². The number of ketones is 1. The largest absolute Gasteiger partial charge is 0.507 e. The van der Waals surface area contributed by atoms with Gasteiger partial charge in [0.2, 0.25) is 5.43 Å². The van der Waals surface area contributed by atoms with Crippen LogP contribution < -0.4 is 15.5 Å². The number of anilines is 1. The molecule has 0 saturated carbocycles. The van der Waals surface area contributed by atoms with Gasteiger partial charge in [0, 0.05) is 54.9 Å². The van der Waals surface area contributed by atoms with E-state index in [9.17, 15) is 29.4 Å². The molecular weight excluding hydrogens is 807 g/mol. The molecular formula is C49H57N3O11. The van der Waals surface area contributed by atoms with E-state index in [4.69, 9.17) is 28.3 Å². The monoisotopic (exact) mass is 863 g/mol. The van der Waals surface area contributed by atoms with E-state index in [1.54, 1.807) is 49.4 Å². The van der Waals surface area contributed by atoms with Crippen LogP contribution >= 0.6 is 0 Å². The summed E-state index contributed by atoms with van der Waals surface area (Å²) >= 11 is 0. The van der Waals surface area contributed by atoms with E-state index in [-0.39, 0.29) is 79.6 Å². The van der Waals surface area contributed by atoms with Crippen molar-refractivity contribution in [1.29, 1.82) is 0 Å². The minimum absolute atomic E-state index is 0.00295. The van der Waals surface area contributed by atoms with Crippen LogP contribution in [0.25, 0.3) is 33.3 Å². The van der Waals surface area contributed by atoms with Crippen LogP contribution in [-0.2, 0) is 23.8 Å². The first-order valence-corrected chi connectivity index (χ1v) is 21.1. The summed E-state index contributed by atoms with van der Waals surface area (Å²) in [6, 6.07) is 5.12. The fourth-order valence-electron chi connectivity index (χ4n) is 8.39.